The maximum absolute atomic E-state index is 14.1. The summed E-state index contributed by atoms with van der Waals surface area (Å²) in [5.41, 5.74) is 1.67. The molecule has 5 atom stereocenters. The third-order valence-corrected chi connectivity index (χ3v) is 10.7. The molecule has 5 nitrogen and oxygen atoms in total. The minimum absolute atomic E-state index is 0.0223. The number of epoxide rings is 1. The average Bonchev–Trinajstić information content (AvgIpc) is 3.55. The fourth-order valence-corrected chi connectivity index (χ4v) is 6.69. The first-order chi connectivity index (χ1) is 17.7. The standard InChI is InChI=1S/C34H57NO4/c1-23(18-30(2,3)4)33(10,11)32(8,9)22-34(12,31(5,6)7)27-17-28(36)35(29(27)37)25-15-13-24(14-16-25)19-38-20-26-21-39-26/h13-16,23,26-28,36H,17-22H2,1-12H3. The van der Waals surface area contributed by atoms with Crippen LogP contribution in [-0.2, 0) is 20.9 Å². The van der Waals surface area contributed by atoms with Gasteiger partial charge in [0.2, 0.25) is 5.91 Å². The summed E-state index contributed by atoms with van der Waals surface area (Å²) >= 11 is 0. The second kappa shape index (κ2) is 11.1. The highest BCUT2D eigenvalue weighted by molar-refractivity contribution is 5.98. The third kappa shape index (κ3) is 7.08. The molecule has 5 unspecified atom stereocenters. The molecule has 0 bridgehead atoms. The summed E-state index contributed by atoms with van der Waals surface area (Å²) in [6, 6.07) is 7.85. The average molecular weight is 544 g/mol. The number of ether oxygens (including phenoxy) is 2. The van der Waals surface area contributed by atoms with Crippen molar-refractivity contribution in [3.8, 4) is 0 Å². The summed E-state index contributed by atoms with van der Waals surface area (Å²) in [4.78, 5) is 15.8. The third-order valence-electron chi connectivity index (χ3n) is 10.7. The van der Waals surface area contributed by atoms with E-state index in [4.69, 9.17) is 9.47 Å². The normalized spacial score (nSPS) is 25.1. The molecule has 0 saturated carbocycles. The van der Waals surface area contributed by atoms with Gasteiger partial charge in [0.15, 0.2) is 0 Å². The number of carbonyl (C=O) groups is 1. The van der Waals surface area contributed by atoms with Gasteiger partial charge in [-0.05, 0) is 63.5 Å². The van der Waals surface area contributed by atoms with Gasteiger partial charge in [0.05, 0.1) is 19.8 Å². The number of hydrogen-bond acceptors (Lipinski definition) is 4. The quantitative estimate of drug-likeness (QED) is 0.289. The Morgan fingerprint density at radius 1 is 1.00 bits per heavy atom. The highest BCUT2D eigenvalue weighted by Crippen LogP contribution is 2.60. The lowest BCUT2D eigenvalue weighted by molar-refractivity contribution is -0.131. The van der Waals surface area contributed by atoms with Crippen LogP contribution in [0.3, 0.4) is 0 Å². The van der Waals surface area contributed by atoms with Crippen LogP contribution in [0.2, 0.25) is 0 Å². The Kier molecular flexibility index (Phi) is 9.13. The second-order valence-electron chi connectivity index (χ2n) is 16.2. The zero-order valence-corrected chi connectivity index (χ0v) is 27.0. The van der Waals surface area contributed by atoms with Gasteiger partial charge in [-0.3, -0.25) is 9.69 Å². The summed E-state index contributed by atoms with van der Waals surface area (Å²) in [6.07, 6.45) is 1.93. The topological polar surface area (TPSA) is 62.3 Å². The van der Waals surface area contributed by atoms with Crippen molar-refractivity contribution in [2.45, 2.75) is 121 Å². The van der Waals surface area contributed by atoms with Crippen LogP contribution in [0.25, 0.3) is 0 Å². The summed E-state index contributed by atoms with van der Waals surface area (Å²) in [5.74, 6) is 0.297. The molecule has 1 amide bonds. The molecule has 0 aromatic heterocycles. The Hall–Kier alpha value is -1.43. The predicted octanol–water partition coefficient (Wildman–Crippen LogP) is 7.84. The van der Waals surface area contributed by atoms with Gasteiger partial charge in [-0.2, -0.15) is 0 Å². The second-order valence-corrected chi connectivity index (χ2v) is 16.2. The summed E-state index contributed by atoms with van der Waals surface area (Å²) in [5, 5.41) is 11.2. The van der Waals surface area contributed by atoms with E-state index in [1.165, 1.54) is 0 Å². The van der Waals surface area contributed by atoms with E-state index in [0.717, 1.165) is 30.7 Å². The fourth-order valence-electron chi connectivity index (χ4n) is 6.69. The van der Waals surface area contributed by atoms with Gasteiger partial charge < -0.3 is 14.6 Å². The smallest absolute Gasteiger partial charge is 0.232 e. The molecule has 2 aliphatic heterocycles. The number of aliphatic hydroxyl groups excluding tert-OH is 1. The van der Waals surface area contributed by atoms with E-state index in [1.807, 2.05) is 24.3 Å². The maximum atomic E-state index is 14.1. The lowest BCUT2D eigenvalue weighted by atomic mass is 9.49. The van der Waals surface area contributed by atoms with Crippen molar-refractivity contribution in [2.75, 3.05) is 18.1 Å². The molecule has 2 saturated heterocycles. The van der Waals surface area contributed by atoms with E-state index in [9.17, 15) is 9.90 Å². The van der Waals surface area contributed by atoms with Crippen LogP contribution < -0.4 is 4.90 Å². The molecular formula is C34H57NO4. The molecule has 3 rings (SSSR count). The number of benzene rings is 1. The predicted molar refractivity (Wildman–Crippen MR) is 160 cm³/mol. The van der Waals surface area contributed by atoms with Crippen LogP contribution in [0.1, 0.15) is 108 Å². The first kappa shape index (κ1) is 32.1. The lowest BCUT2D eigenvalue weighted by Crippen LogP contribution is -2.50. The number of hydrogen-bond donors (Lipinski definition) is 1. The van der Waals surface area contributed by atoms with Gasteiger partial charge in [0.1, 0.15) is 12.3 Å². The van der Waals surface area contributed by atoms with Crippen molar-refractivity contribution in [1.82, 2.24) is 0 Å². The Morgan fingerprint density at radius 2 is 1.56 bits per heavy atom. The van der Waals surface area contributed by atoms with Crippen molar-refractivity contribution >= 4 is 11.6 Å². The van der Waals surface area contributed by atoms with Crippen molar-refractivity contribution < 1.29 is 19.4 Å². The summed E-state index contributed by atoms with van der Waals surface area (Å²) in [7, 11) is 0. The fraction of sp³-hybridized carbons (Fsp3) is 0.794. The van der Waals surface area contributed by atoms with Crippen molar-refractivity contribution in [3.05, 3.63) is 29.8 Å². The monoisotopic (exact) mass is 543 g/mol. The molecule has 1 aromatic rings. The summed E-state index contributed by atoms with van der Waals surface area (Å²) in [6.45, 7) is 29.9. The van der Waals surface area contributed by atoms with Crippen LogP contribution in [0.5, 0.6) is 0 Å². The van der Waals surface area contributed by atoms with Crippen LogP contribution in [0.15, 0.2) is 24.3 Å². The van der Waals surface area contributed by atoms with Crippen LogP contribution in [-0.4, -0.2) is 36.6 Å². The molecule has 2 aliphatic rings. The van der Waals surface area contributed by atoms with E-state index < -0.39 is 6.23 Å². The molecule has 2 heterocycles. The lowest BCUT2D eigenvalue weighted by Gasteiger charge is -2.55. The van der Waals surface area contributed by atoms with Crippen LogP contribution in [0.4, 0.5) is 5.69 Å². The SMILES string of the molecule is CC(CC(C)(C)C)C(C)(C)C(C)(C)CC(C)(C1CC(O)N(c2ccc(COCC3CO3)cc2)C1=O)C(C)(C)C. The maximum Gasteiger partial charge on any atom is 0.232 e. The summed E-state index contributed by atoms with van der Waals surface area (Å²) < 4.78 is 10.9. The van der Waals surface area contributed by atoms with Crippen LogP contribution >= 0.6 is 0 Å². The van der Waals surface area contributed by atoms with E-state index >= 15 is 0 Å². The van der Waals surface area contributed by atoms with Gasteiger partial charge in [-0.1, -0.05) is 95.2 Å². The van der Waals surface area contributed by atoms with Gasteiger partial charge in [0.25, 0.3) is 0 Å². The highest BCUT2D eigenvalue weighted by Gasteiger charge is 2.57. The van der Waals surface area contributed by atoms with E-state index in [2.05, 4.69) is 83.1 Å². The highest BCUT2D eigenvalue weighted by atomic mass is 16.6. The number of nitrogens with zero attached hydrogens (tertiary/aromatic N) is 1. The van der Waals surface area contributed by atoms with Gasteiger partial charge in [-0.25, -0.2) is 0 Å². The van der Waals surface area contributed by atoms with E-state index in [1.54, 1.807) is 4.90 Å². The molecule has 222 valence electrons. The van der Waals surface area contributed by atoms with E-state index in [0.29, 0.717) is 25.6 Å². The van der Waals surface area contributed by atoms with E-state index in [-0.39, 0.29) is 45.0 Å². The number of rotatable bonds is 11. The first-order valence-electron chi connectivity index (χ1n) is 15.0. The molecule has 5 heteroatoms. The Labute approximate surface area is 239 Å². The molecule has 1 N–H and O–H groups in total. The molecule has 0 aliphatic carbocycles. The molecule has 0 spiro atoms. The van der Waals surface area contributed by atoms with Crippen molar-refractivity contribution in [3.63, 3.8) is 0 Å². The largest absolute Gasteiger partial charge is 0.374 e. The first-order valence-corrected chi connectivity index (χ1v) is 15.0. The minimum Gasteiger partial charge on any atom is -0.374 e. The zero-order valence-electron chi connectivity index (χ0n) is 27.0. The minimum atomic E-state index is -0.825. The Bertz CT molecular complexity index is 980. The molecule has 39 heavy (non-hydrogen) atoms. The zero-order chi connectivity index (χ0) is 29.6. The van der Waals surface area contributed by atoms with Crippen molar-refractivity contribution in [2.24, 2.45) is 38.9 Å². The molecular weight excluding hydrogens is 486 g/mol. The number of amides is 1. The number of anilines is 1. The van der Waals surface area contributed by atoms with Crippen molar-refractivity contribution in [1.29, 1.82) is 0 Å². The molecule has 2 fully saturated rings. The molecule has 1 aromatic carbocycles. The number of carbonyl (C=O) groups excluding carboxylic acids is 1. The van der Waals surface area contributed by atoms with Gasteiger partial charge in [0, 0.05) is 18.0 Å². The van der Waals surface area contributed by atoms with Crippen LogP contribution in [0, 0.1) is 38.9 Å². The van der Waals surface area contributed by atoms with Gasteiger partial charge >= 0.3 is 0 Å². The Morgan fingerprint density at radius 3 is 2.05 bits per heavy atom. The number of aliphatic hydroxyl groups is 1. The van der Waals surface area contributed by atoms with Gasteiger partial charge in [-0.15, -0.1) is 0 Å². The Balaban J connectivity index is 1.83. The molecule has 0 radical (unpaired) electrons.